The standard InChI is InChI=1S/C35H28N4O9/c1-16-12-27(41)23-15-22-20(30(31(23)33(16)42)29-19-7-5-4-6-17(19)8-11-26(29)40)9-10-21-28(22)35(44)37(34(21)43)18-13-24(38(45)46)32(36(2)3)25(14-18)39(47)48/h4-9,11-14,21-22,28,30,40H,10,15H2,1-3H3. The highest BCUT2D eigenvalue weighted by atomic mass is 16.6. The van der Waals surface area contributed by atoms with Crippen molar-refractivity contribution >= 4 is 56.9 Å². The monoisotopic (exact) mass is 648 g/mol. The lowest BCUT2D eigenvalue weighted by Gasteiger charge is -2.42. The van der Waals surface area contributed by atoms with Gasteiger partial charge in [-0.2, -0.15) is 0 Å². The number of Topliss-reactive ketones (excluding diaryl/α,β-unsaturated/α-hetero) is 1. The first kappa shape index (κ1) is 30.7. The molecule has 4 atom stereocenters. The van der Waals surface area contributed by atoms with Gasteiger partial charge in [-0.15, -0.1) is 0 Å². The van der Waals surface area contributed by atoms with Crippen molar-refractivity contribution in [1.82, 2.24) is 0 Å². The molecular weight excluding hydrogens is 620 g/mol. The zero-order chi connectivity index (χ0) is 34.3. The predicted octanol–water partition coefficient (Wildman–Crippen LogP) is 5.06. The number of amides is 2. The quantitative estimate of drug-likeness (QED) is 0.129. The number of nitrogens with zero attached hydrogens (tertiary/aromatic N) is 4. The Bertz CT molecular complexity index is 2130. The molecule has 1 aliphatic heterocycles. The normalized spacial score (nSPS) is 23.4. The first-order chi connectivity index (χ1) is 22.8. The number of ketones is 2. The molecule has 1 fully saturated rings. The number of nitro groups is 2. The van der Waals surface area contributed by atoms with Crippen LogP contribution in [0.4, 0.5) is 22.7 Å². The number of anilines is 2. The fraction of sp³-hybridized carbons (Fsp3) is 0.257. The molecule has 0 aromatic heterocycles. The number of benzene rings is 3. The van der Waals surface area contributed by atoms with Gasteiger partial charge >= 0.3 is 11.4 Å². The van der Waals surface area contributed by atoms with Crippen molar-refractivity contribution in [3.8, 4) is 5.75 Å². The zero-order valence-electron chi connectivity index (χ0n) is 26.0. The summed E-state index contributed by atoms with van der Waals surface area (Å²) in [6, 6.07) is 12.5. The number of phenolic OH excluding ortho intramolecular Hbond substituents is 1. The molecule has 3 aliphatic carbocycles. The molecule has 3 aromatic rings. The number of phenols is 1. The second-order valence-electron chi connectivity index (χ2n) is 12.7. The molecule has 1 saturated heterocycles. The summed E-state index contributed by atoms with van der Waals surface area (Å²) >= 11 is 0. The van der Waals surface area contributed by atoms with E-state index in [0.717, 1.165) is 22.4 Å². The van der Waals surface area contributed by atoms with Crippen molar-refractivity contribution < 1.29 is 34.1 Å². The Morgan fingerprint density at radius 2 is 1.58 bits per heavy atom. The highest BCUT2D eigenvalue weighted by Crippen LogP contribution is 2.57. The number of fused-ring (bicyclic) bond motifs is 4. The van der Waals surface area contributed by atoms with E-state index in [2.05, 4.69) is 0 Å². The fourth-order valence-corrected chi connectivity index (χ4v) is 7.99. The van der Waals surface area contributed by atoms with Gasteiger partial charge in [0.15, 0.2) is 17.3 Å². The van der Waals surface area contributed by atoms with E-state index in [1.165, 1.54) is 31.1 Å². The maximum atomic E-state index is 14.4. The highest BCUT2D eigenvalue weighted by Gasteiger charge is 2.57. The van der Waals surface area contributed by atoms with Gasteiger partial charge in [0.2, 0.25) is 11.8 Å². The molecule has 1 N–H and O–H groups in total. The average Bonchev–Trinajstić information content (AvgIpc) is 3.31. The van der Waals surface area contributed by atoms with Crippen LogP contribution in [0.5, 0.6) is 5.75 Å². The van der Waals surface area contributed by atoms with E-state index in [4.69, 9.17) is 0 Å². The summed E-state index contributed by atoms with van der Waals surface area (Å²) in [4.78, 5) is 80.2. The van der Waals surface area contributed by atoms with Crippen molar-refractivity contribution in [1.29, 1.82) is 0 Å². The third-order valence-corrected chi connectivity index (χ3v) is 9.95. The number of nitro benzene ring substituents is 2. The van der Waals surface area contributed by atoms with Crippen molar-refractivity contribution in [2.45, 2.75) is 25.7 Å². The number of carbonyl (C=O) groups is 4. The van der Waals surface area contributed by atoms with Gasteiger partial charge in [-0.05, 0) is 48.6 Å². The first-order valence-corrected chi connectivity index (χ1v) is 15.2. The van der Waals surface area contributed by atoms with Crippen molar-refractivity contribution in [3.63, 3.8) is 0 Å². The molecule has 13 nitrogen and oxygen atoms in total. The topological polar surface area (TPSA) is 181 Å². The molecule has 1 heterocycles. The van der Waals surface area contributed by atoms with Gasteiger partial charge in [0.1, 0.15) is 5.75 Å². The van der Waals surface area contributed by atoms with E-state index in [9.17, 15) is 44.5 Å². The minimum Gasteiger partial charge on any atom is -0.508 e. The number of hydrogen-bond donors (Lipinski definition) is 1. The summed E-state index contributed by atoms with van der Waals surface area (Å²) < 4.78 is 0. The Morgan fingerprint density at radius 3 is 2.23 bits per heavy atom. The van der Waals surface area contributed by atoms with E-state index in [-0.39, 0.29) is 52.5 Å². The van der Waals surface area contributed by atoms with Crippen LogP contribution in [0.25, 0.3) is 10.8 Å². The maximum absolute atomic E-state index is 14.4. The Morgan fingerprint density at radius 1 is 0.917 bits per heavy atom. The van der Waals surface area contributed by atoms with Gasteiger partial charge in [0, 0.05) is 54.4 Å². The molecule has 0 bridgehead atoms. The SMILES string of the molecule is CC1=CC(=O)C2=C(C1=O)C(c1c(O)ccc3ccccc13)C1=CCC3C(=O)N(c4cc([N+](=O)[O-])c(N(C)C)c([N+](=O)[O-])c4)C(=O)C3C1C2. The Balaban J connectivity index is 1.40. The minimum atomic E-state index is -1.03. The van der Waals surface area contributed by atoms with Gasteiger partial charge in [-0.1, -0.05) is 42.0 Å². The summed E-state index contributed by atoms with van der Waals surface area (Å²) in [5.41, 5.74) is -0.187. The van der Waals surface area contributed by atoms with Crippen LogP contribution in [0.2, 0.25) is 0 Å². The molecule has 13 heteroatoms. The first-order valence-electron chi connectivity index (χ1n) is 15.2. The third kappa shape index (κ3) is 4.30. The van der Waals surface area contributed by atoms with Gasteiger partial charge < -0.3 is 10.0 Å². The van der Waals surface area contributed by atoms with Gasteiger partial charge in [0.25, 0.3) is 0 Å². The molecule has 0 radical (unpaired) electrons. The van der Waals surface area contributed by atoms with Crippen molar-refractivity contribution in [2.24, 2.45) is 17.8 Å². The summed E-state index contributed by atoms with van der Waals surface area (Å²) in [5.74, 6) is -5.84. The Kier molecular flexibility index (Phi) is 6.89. The van der Waals surface area contributed by atoms with Crippen LogP contribution >= 0.6 is 0 Å². The van der Waals surface area contributed by atoms with Crippen LogP contribution in [0.1, 0.15) is 31.2 Å². The molecule has 4 aliphatic rings. The highest BCUT2D eigenvalue weighted by molar-refractivity contribution is 6.25. The van der Waals surface area contributed by atoms with E-state index < -0.39 is 62.5 Å². The lowest BCUT2D eigenvalue weighted by molar-refractivity contribution is -0.392. The van der Waals surface area contributed by atoms with Crippen LogP contribution in [-0.4, -0.2) is 52.4 Å². The molecule has 0 saturated carbocycles. The second-order valence-corrected chi connectivity index (χ2v) is 12.7. The van der Waals surface area contributed by atoms with E-state index >= 15 is 0 Å². The van der Waals surface area contributed by atoms with Crippen LogP contribution in [0, 0.1) is 38.0 Å². The number of rotatable bonds is 5. The Hall–Kier alpha value is -5.98. The van der Waals surface area contributed by atoms with Crippen molar-refractivity contribution in [2.75, 3.05) is 23.9 Å². The second kappa shape index (κ2) is 10.8. The van der Waals surface area contributed by atoms with E-state index in [0.29, 0.717) is 16.5 Å². The summed E-state index contributed by atoms with van der Waals surface area (Å²) in [6.07, 6.45) is 3.10. The van der Waals surface area contributed by atoms with Crippen LogP contribution in [0.3, 0.4) is 0 Å². The van der Waals surface area contributed by atoms with Gasteiger partial charge in [0.05, 0.1) is 27.4 Å². The van der Waals surface area contributed by atoms with E-state index in [1.807, 2.05) is 12.1 Å². The number of allylic oxidation sites excluding steroid dienone is 6. The molecule has 2 amide bonds. The van der Waals surface area contributed by atoms with Crippen LogP contribution in [0.15, 0.2) is 83.0 Å². The predicted molar refractivity (Wildman–Crippen MR) is 174 cm³/mol. The minimum absolute atomic E-state index is 0.0224. The van der Waals surface area contributed by atoms with Gasteiger partial charge in [-0.25, -0.2) is 4.90 Å². The zero-order valence-corrected chi connectivity index (χ0v) is 26.0. The van der Waals surface area contributed by atoms with E-state index in [1.54, 1.807) is 31.2 Å². The lowest BCUT2D eigenvalue weighted by Crippen LogP contribution is -2.40. The summed E-state index contributed by atoms with van der Waals surface area (Å²) in [5, 5.41) is 36.9. The third-order valence-electron chi connectivity index (χ3n) is 9.95. The largest absolute Gasteiger partial charge is 0.508 e. The van der Waals surface area contributed by atoms with Crippen molar-refractivity contribution in [3.05, 3.63) is 109 Å². The number of carbonyl (C=O) groups excluding carboxylic acids is 4. The molecule has 48 heavy (non-hydrogen) atoms. The molecule has 3 aromatic carbocycles. The molecule has 0 spiro atoms. The Labute approximate surface area is 272 Å². The molecule has 7 rings (SSSR count). The van der Waals surface area contributed by atoms with Gasteiger partial charge in [-0.3, -0.25) is 39.4 Å². The molecule has 4 unspecified atom stereocenters. The summed E-state index contributed by atoms with van der Waals surface area (Å²) in [6.45, 7) is 1.55. The number of hydrogen-bond acceptors (Lipinski definition) is 10. The smallest absolute Gasteiger partial charge is 0.301 e. The molecule has 242 valence electrons. The number of aromatic hydroxyl groups is 1. The van der Waals surface area contributed by atoms with Crippen LogP contribution in [-0.2, 0) is 19.2 Å². The molecular formula is C35H28N4O9. The summed E-state index contributed by atoms with van der Waals surface area (Å²) in [7, 11) is 2.82. The van der Waals surface area contributed by atoms with Crippen LogP contribution < -0.4 is 9.80 Å². The number of imide groups is 1. The fourth-order valence-electron chi connectivity index (χ4n) is 7.99. The average molecular weight is 649 g/mol. The maximum Gasteiger partial charge on any atom is 0.301 e. The lowest BCUT2D eigenvalue weighted by atomic mass is 9.59.